The molecule has 19 heavy (non-hydrogen) atoms. The molecule has 0 saturated carbocycles. The van der Waals surface area contributed by atoms with Crippen molar-refractivity contribution in [2.24, 2.45) is 5.92 Å². The number of carbonyl (C=O) groups is 1. The van der Waals surface area contributed by atoms with E-state index in [1.54, 1.807) is 6.92 Å². The summed E-state index contributed by atoms with van der Waals surface area (Å²) in [4.78, 5) is 21.8. The molecule has 1 amide bonds. The van der Waals surface area contributed by atoms with Crippen LogP contribution in [0.25, 0.3) is 0 Å². The van der Waals surface area contributed by atoms with Gasteiger partial charge < -0.3 is 10.4 Å². The quantitative estimate of drug-likeness (QED) is 0.641. The average Bonchev–Trinajstić information content (AvgIpc) is 2.36. The van der Waals surface area contributed by atoms with E-state index in [0.717, 1.165) is 0 Å². The van der Waals surface area contributed by atoms with E-state index in [-0.39, 0.29) is 16.1 Å². The van der Waals surface area contributed by atoms with E-state index in [1.807, 2.05) is 6.92 Å². The molecule has 0 heterocycles. The van der Waals surface area contributed by atoms with E-state index in [1.165, 1.54) is 18.2 Å². The molecule has 1 aromatic rings. The number of nitro groups is 1. The van der Waals surface area contributed by atoms with Crippen LogP contribution in [0.5, 0.6) is 0 Å². The second-order valence-corrected chi connectivity index (χ2v) is 5.10. The van der Waals surface area contributed by atoms with E-state index in [9.17, 15) is 20.0 Å². The highest BCUT2D eigenvalue weighted by atomic mass is 79.9. The maximum Gasteiger partial charge on any atom is 0.283 e. The zero-order chi connectivity index (χ0) is 14.6. The summed E-state index contributed by atoms with van der Waals surface area (Å²) in [5.41, 5.74) is 0.310. The van der Waals surface area contributed by atoms with Gasteiger partial charge in [0.25, 0.3) is 11.6 Å². The number of nitro benzene ring substituents is 1. The number of benzene rings is 1. The van der Waals surface area contributed by atoms with Gasteiger partial charge in [-0.2, -0.15) is 0 Å². The summed E-state index contributed by atoms with van der Waals surface area (Å²) >= 11 is 3.06. The molecule has 1 rings (SSSR count). The fraction of sp³-hybridized carbons (Fsp3) is 0.417. The number of carbonyl (C=O) groups excluding carboxylic acids is 1. The summed E-state index contributed by atoms with van der Waals surface area (Å²) in [5.74, 6) is -0.670. The van der Waals surface area contributed by atoms with Crippen LogP contribution < -0.4 is 5.32 Å². The van der Waals surface area contributed by atoms with Crippen molar-refractivity contribution in [3.8, 4) is 0 Å². The first-order valence-corrected chi connectivity index (χ1v) is 6.59. The molecular weight excluding hydrogens is 316 g/mol. The zero-order valence-corrected chi connectivity index (χ0v) is 12.2. The van der Waals surface area contributed by atoms with Gasteiger partial charge in [-0.05, 0) is 34.0 Å². The van der Waals surface area contributed by atoms with Gasteiger partial charge in [0, 0.05) is 11.8 Å². The smallest absolute Gasteiger partial charge is 0.283 e. The second-order valence-electron chi connectivity index (χ2n) is 4.24. The number of aliphatic hydroxyl groups excluding tert-OH is 1. The van der Waals surface area contributed by atoms with Crippen molar-refractivity contribution < 1.29 is 14.8 Å². The molecule has 2 atom stereocenters. The molecule has 0 bridgehead atoms. The minimum Gasteiger partial charge on any atom is -0.383 e. The van der Waals surface area contributed by atoms with Crippen LogP contribution >= 0.6 is 15.9 Å². The van der Waals surface area contributed by atoms with Crippen molar-refractivity contribution >= 4 is 33.2 Å². The van der Waals surface area contributed by atoms with Gasteiger partial charge in [-0.25, -0.2) is 0 Å². The lowest BCUT2D eigenvalue weighted by Gasteiger charge is -2.16. The van der Waals surface area contributed by atoms with Gasteiger partial charge in [-0.3, -0.25) is 14.9 Å². The Labute approximate surface area is 119 Å². The van der Waals surface area contributed by atoms with E-state index in [2.05, 4.69) is 21.2 Å². The van der Waals surface area contributed by atoms with Crippen LogP contribution in [0, 0.1) is 16.0 Å². The maximum absolute atomic E-state index is 11.7. The minimum absolute atomic E-state index is 0.0829. The molecule has 0 aliphatic rings. The third kappa shape index (κ3) is 4.00. The standard InChI is InChI=1S/C12H15BrN2O4/c1-3-7(2)11(16)12(17)14-8-4-5-10(15(18)19)9(13)6-8/h4-7,11,16H,3H2,1-2H3,(H,14,17). The number of anilines is 1. The Morgan fingerprint density at radius 1 is 1.58 bits per heavy atom. The van der Waals surface area contributed by atoms with Crippen molar-refractivity contribution in [3.05, 3.63) is 32.8 Å². The van der Waals surface area contributed by atoms with Crippen LogP contribution in [0.1, 0.15) is 20.3 Å². The molecule has 0 aliphatic heterocycles. The highest BCUT2D eigenvalue weighted by molar-refractivity contribution is 9.10. The number of amides is 1. The van der Waals surface area contributed by atoms with Crippen LogP contribution in [0.15, 0.2) is 22.7 Å². The Kier molecular flexibility index (Phi) is 5.44. The number of nitrogens with one attached hydrogen (secondary N) is 1. The van der Waals surface area contributed by atoms with Gasteiger partial charge in [-0.15, -0.1) is 0 Å². The monoisotopic (exact) mass is 330 g/mol. The van der Waals surface area contributed by atoms with Crippen molar-refractivity contribution in [2.45, 2.75) is 26.4 Å². The summed E-state index contributed by atoms with van der Waals surface area (Å²) < 4.78 is 0.272. The van der Waals surface area contributed by atoms with Gasteiger partial charge in [-0.1, -0.05) is 20.3 Å². The SMILES string of the molecule is CCC(C)C(O)C(=O)Nc1ccc([N+](=O)[O-])c(Br)c1. The van der Waals surface area contributed by atoms with Crippen LogP contribution in [-0.2, 0) is 4.79 Å². The average molecular weight is 331 g/mol. The summed E-state index contributed by atoms with van der Waals surface area (Å²) in [6.45, 7) is 3.65. The number of nitrogens with zero attached hydrogens (tertiary/aromatic N) is 1. The predicted octanol–water partition coefficient (Wildman–Crippen LogP) is 2.70. The van der Waals surface area contributed by atoms with Gasteiger partial charge in [0.05, 0.1) is 9.40 Å². The molecule has 0 aromatic heterocycles. The highest BCUT2D eigenvalue weighted by Crippen LogP contribution is 2.27. The van der Waals surface area contributed by atoms with Gasteiger partial charge >= 0.3 is 0 Å². The first-order chi connectivity index (χ1) is 8.86. The summed E-state index contributed by atoms with van der Waals surface area (Å²) in [5, 5.41) is 22.9. The molecular formula is C12H15BrN2O4. The van der Waals surface area contributed by atoms with E-state index in [4.69, 9.17) is 0 Å². The Hall–Kier alpha value is -1.47. The Morgan fingerprint density at radius 2 is 2.21 bits per heavy atom. The van der Waals surface area contributed by atoms with E-state index >= 15 is 0 Å². The molecule has 0 saturated heterocycles. The topological polar surface area (TPSA) is 92.5 Å². The molecule has 104 valence electrons. The van der Waals surface area contributed by atoms with Crippen molar-refractivity contribution in [2.75, 3.05) is 5.32 Å². The summed E-state index contributed by atoms with van der Waals surface area (Å²) in [7, 11) is 0. The maximum atomic E-state index is 11.7. The van der Waals surface area contributed by atoms with Crippen LogP contribution in [-0.4, -0.2) is 22.0 Å². The lowest BCUT2D eigenvalue weighted by molar-refractivity contribution is -0.385. The van der Waals surface area contributed by atoms with Gasteiger partial charge in [0.1, 0.15) is 6.10 Å². The molecule has 2 unspecified atom stereocenters. The van der Waals surface area contributed by atoms with Crippen molar-refractivity contribution in [3.63, 3.8) is 0 Å². The normalized spacial score (nSPS) is 13.7. The fourth-order valence-corrected chi connectivity index (χ4v) is 1.95. The van der Waals surface area contributed by atoms with Crippen LogP contribution in [0.4, 0.5) is 11.4 Å². The number of hydrogen-bond donors (Lipinski definition) is 2. The molecule has 0 aliphatic carbocycles. The van der Waals surface area contributed by atoms with Crippen molar-refractivity contribution in [1.82, 2.24) is 0 Å². The number of halogens is 1. The van der Waals surface area contributed by atoms with Gasteiger partial charge in [0.15, 0.2) is 0 Å². The largest absolute Gasteiger partial charge is 0.383 e. The van der Waals surface area contributed by atoms with E-state index < -0.39 is 16.9 Å². The minimum atomic E-state index is -1.10. The Bertz CT molecular complexity index is 493. The molecule has 0 radical (unpaired) electrons. The zero-order valence-electron chi connectivity index (χ0n) is 10.6. The molecule has 7 heteroatoms. The number of aliphatic hydroxyl groups is 1. The number of rotatable bonds is 5. The van der Waals surface area contributed by atoms with Crippen molar-refractivity contribution in [1.29, 1.82) is 0 Å². The van der Waals surface area contributed by atoms with E-state index in [0.29, 0.717) is 12.1 Å². The first-order valence-electron chi connectivity index (χ1n) is 5.79. The van der Waals surface area contributed by atoms with Crippen LogP contribution in [0.3, 0.4) is 0 Å². The first kappa shape index (κ1) is 15.6. The lowest BCUT2D eigenvalue weighted by atomic mass is 10.0. The summed E-state index contributed by atoms with van der Waals surface area (Å²) in [6.07, 6.45) is -0.419. The third-order valence-corrected chi connectivity index (χ3v) is 3.50. The molecule has 2 N–H and O–H groups in total. The highest BCUT2D eigenvalue weighted by Gasteiger charge is 2.21. The second kappa shape index (κ2) is 6.63. The van der Waals surface area contributed by atoms with Crippen LogP contribution in [0.2, 0.25) is 0 Å². The molecule has 6 nitrogen and oxygen atoms in total. The lowest BCUT2D eigenvalue weighted by Crippen LogP contribution is -2.32. The Balaban J connectivity index is 2.81. The fourth-order valence-electron chi connectivity index (χ4n) is 1.43. The molecule has 0 spiro atoms. The molecule has 0 fully saturated rings. The van der Waals surface area contributed by atoms with Gasteiger partial charge in [0.2, 0.25) is 0 Å². The predicted molar refractivity (Wildman–Crippen MR) is 74.9 cm³/mol. The Morgan fingerprint density at radius 3 is 2.68 bits per heavy atom. The summed E-state index contributed by atoms with van der Waals surface area (Å²) in [6, 6.07) is 4.14. The number of hydrogen-bond acceptors (Lipinski definition) is 4. The third-order valence-electron chi connectivity index (χ3n) is 2.86. The molecule has 1 aromatic carbocycles.